The van der Waals surface area contributed by atoms with Crippen molar-refractivity contribution in [1.82, 2.24) is 4.98 Å². The van der Waals surface area contributed by atoms with Gasteiger partial charge < -0.3 is 0 Å². The Morgan fingerprint density at radius 3 is 2.73 bits per heavy atom. The quantitative estimate of drug-likeness (QED) is 0.630. The van der Waals surface area contributed by atoms with Crippen LogP contribution >= 0.6 is 12.2 Å². The van der Waals surface area contributed by atoms with Crippen molar-refractivity contribution >= 4 is 23.4 Å². The van der Waals surface area contributed by atoms with Crippen LogP contribution in [0, 0.1) is 0 Å². The van der Waals surface area contributed by atoms with Gasteiger partial charge in [-0.3, -0.25) is 9.78 Å². The maximum atomic E-state index is 10.8. The molecular formula is C8H7NOS. The third-order valence-corrected chi connectivity index (χ3v) is 1.52. The lowest BCUT2D eigenvalue weighted by molar-refractivity contribution is -0.111. The molecule has 1 heterocycles. The number of hydrogen-bond donors (Lipinski definition) is 0. The second-order valence-corrected chi connectivity index (χ2v) is 2.35. The molecule has 0 atom stereocenters. The molecule has 56 valence electrons. The molecule has 0 saturated carbocycles. The standard InChI is InChI=1S/C8H7NOS/c10-8(6-11)5-7-1-3-9-4-2-7/h1-4,6H,5H2. The smallest absolute Gasteiger partial charge is 0.170 e. The summed E-state index contributed by atoms with van der Waals surface area (Å²) in [5.74, 6) is -0.0359. The number of Topliss-reactive ketones (excluding diaryl/α,β-unsaturated/α-hetero) is 1. The molecule has 0 aromatic carbocycles. The van der Waals surface area contributed by atoms with Crippen molar-refractivity contribution in [2.24, 2.45) is 0 Å². The van der Waals surface area contributed by atoms with Gasteiger partial charge in [-0.25, -0.2) is 0 Å². The number of thiocarbonyl (C=S) groups is 1. The van der Waals surface area contributed by atoms with Crippen LogP contribution in [-0.4, -0.2) is 16.1 Å². The predicted molar refractivity (Wildman–Crippen MR) is 46.6 cm³/mol. The zero-order valence-electron chi connectivity index (χ0n) is 5.86. The van der Waals surface area contributed by atoms with E-state index in [1.807, 2.05) is 0 Å². The number of nitrogens with zero attached hydrogens (tertiary/aromatic N) is 1. The summed E-state index contributed by atoms with van der Waals surface area (Å²) in [5, 5.41) is 1.17. The van der Waals surface area contributed by atoms with Gasteiger partial charge in [-0.05, 0) is 17.7 Å². The van der Waals surface area contributed by atoms with E-state index in [-0.39, 0.29) is 5.78 Å². The molecule has 1 aromatic rings. The topological polar surface area (TPSA) is 30.0 Å². The van der Waals surface area contributed by atoms with E-state index in [1.54, 1.807) is 24.5 Å². The highest BCUT2D eigenvalue weighted by atomic mass is 32.1. The third-order valence-electron chi connectivity index (χ3n) is 1.26. The van der Waals surface area contributed by atoms with Crippen LogP contribution in [0.1, 0.15) is 5.56 Å². The lowest BCUT2D eigenvalue weighted by Gasteiger charge is -1.93. The summed E-state index contributed by atoms with van der Waals surface area (Å²) < 4.78 is 0. The number of rotatable bonds is 3. The molecule has 11 heavy (non-hydrogen) atoms. The normalized spacial score (nSPS) is 9.09. The van der Waals surface area contributed by atoms with Gasteiger partial charge in [-0.1, -0.05) is 12.2 Å². The van der Waals surface area contributed by atoms with E-state index in [4.69, 9.17) is 0 Å². The van der Waals surface area contributed by atoms with Crippen LogP contribution in [0.25, 0.3) is 0 Å². The summed E-state index contributed by atoms with van der Waals surface area (Å²) in [6.07, 6.45) is 3.70. The van der Waals surface area contributed by atoms with E-state index in [0.29, 0.717) is 6.42 Å². The fraction of sp³-hybridized carbons (Fsp3) is 0.125. The lowest BCUT2D eigenvalue weighted by Crippen LogP contribution is -2.01. The van der Waals surface area contributed by atoms with Crippen LogP contribution in [0.5, 0.6) is 0 Å². The molecule has 0 fully saturated rings. The Morgan fingerprint density at radius 2 is 2.18 bits per heavy atom. The monoisotopic (exact) mass is 165 g/mol. The molecule has 0 amide bonds. The summed E-state index contributed by atoms with van der Waals surface area (Å²) >= 11 is 4.48. The van der Waals surface area contributed by atoms with E-state index in [2.05, 4.69) is 17.2 Å². The molecule has 2 nitrogen and oxygen atoms in total. The van der Waals surface area contributed by atoms with Gasteiger partial charge in [0.25, 0.3) is 0 Å². The van der Waals surface area contributed by atoms with Crippen molar-refractivity contribution < 1.29 is 4.79 Å². The Balaban J connectivity index is 2.65. The summed E-state index contributed by atoms with van der Waals surface area (Å²) in [5.41, 5.74) is 0.950. The number of aromatic nitrogens is 1. The van der Waals surface area contributed by atoms with Crippen LogP contribution in [0.15, 0.2) is 24.5 Å². The van der Waals surface area contributed by atoms with E-state index in [1.165, 1.54) is 5.37 Å². The van der Waals surface area contributed by atoms with Crippen molar-refractivity contribution in [3.8, 4) is 0 Å². The molecule has 0 radical (unpaired) electrons. The van der Waals surface area contributed by atoms with Crippen LogP contribution < -0.4 is 0 Å². The first kappa shape index (κ1) is 8.01. The SMILES string of the molecule is O=C(C=S)Cc1ccncc1. The summed E-state index contributed by atoms with van der Waals surface area (Å²) in [6, 6.07) is 3.60. The molecule has 0 bridgehead atoms. The number of pyridine rings is 1. The summed E-state index contributed by atoms with van der Waals surface area (Å²) in [4.78, 5) is 14.6. The lowest BCUT2D eigenvalue weighted by atomic mass is 10.1. The second kappa shape index (κ2) is 3.93. The average Bonchev–Trinajstić information content (AvgIpc) is 2.06. The number of ketones is 1. The fourth-order valence-corrected chi connectivity index (χ4v) is 0.827. The van der Waals surface area contributed by atoms with Crippen LogP contribution in [0.3, 0.4) is 0 Å². The fourth-order valence-electron chi connectivity index (χ4n) is 0.743. The molecule has 0 N–H and O–H groups in total. The molecule has 0 aliphatic carbocycles. The summed E-state index contributed by atoms with van der Waals surface area (Å²) in [6.45, 7) is 0. The van der Waals surface area contributed by atoms with Crippen LogP contribution in [-0.2, 0) is 11.2 Å². The molecule has 0 spiro atoms. The molecule has 0 aliphatic rings. The van der Waals surface area contributed by atoms with Gasteiger partial charge in [0.15, 0.2) is 5.78 Å². The van der Waals surface area contributed by atoms with Crippen LogP contribution in [0.4, 0.5) is 0 Å². The van der Waals surface area contributed by atoms with Gasteiger partial charge in [-0.15, -0.1) is 0 Å². The Labute approximate surface area is 70.3 Å². The summed E-state index contributed by atoms with van der Waals surface area (Å²) in [7, 11) is 0. The number of carbonyl (C=O) groups excluding carboxylic acids is 1. The minimum absolute atomic E-state index is 0.0359. The average molecular weight is 165 g/mol. The predicted octanol–water partition coefficient (Wildman–Crippen LogP) is 1.19. The Hall–Kier alpha value is -1.09. The molecule has 0 aliphatic heterocycles. The van der Waals surface area contributed by atoms with Gasteiger partial charge in [0.05, 0.1) is 0 Å². The first-order chi connectivity index (χ1) is 5.33. The molecule has 1 aromatic heterocycles. The zero-order chi connectivity index (χ0) is 8.10. The first-order valence-corrected chi connectivity index (χ1v) is 3.67. The van der Waals surface area contributed by atoms with Gasteiger partial charge in [0.1, 0.15) is 0 Å². The first-order valence-electron chi connectivity index (χ1n) is 3.20. The van der Waals surface area contributed by atoms with Gasteiger partial charge in [-0.2, -0.15) is 0 Å². The Morgan fingerprint density at radius 1 is 1.55 bits per heavy atom. The highest BCUT2D eigenvalue weighted by Gasteiger charge is 1.97. The van der Waals surface area contributed by atoms with Gasteiger partial charge in [0, 0.05) is 24.2 Å². The molecule has 0 saturated heterocycles. The van der Waals surface area contributed by atoms with E-state index < -0.39 is 0 Å². The molecule has 1 rings (SSSR count). The van der Waals surface area contributed by atoms with E-state index in [0.717, 1.165) is 5.56 Å². The van der Waals surface area contributed by atoms with Crippen molar-refractivity contribution in [3.05, 3.63) is 30.1 Å². The number of carbonyl (C=O) groups is 1. The highest BCUT2D eigenvalue weighted by Crippen LogP contribution is 1.96. The minimum atomic E-state index is -0.0359. The largest absolute Gasteiger partial charge is 0.294 e. The highest BCUT2D eigenvalue weighted by molar-refractivity contribution is 7.80. The molecular weight excluding hydrogens is 158 g/mol. The molecule has 0 unspecified atom stereocenters. The Bertz CT molecular complexity index is 258. The second-order valence-electron chi connectivity index (χ2n) is 2.12. The van der Waals surface area contributed by atoms with E-state index in [9.17, 15) is 4.79 Å². The van der Waals surface area contributed by atoms with Crippen molar-refractivity contribution in [1.29, 1.82) is 0 Å². The van der Waals surface area contributed by atoms with E-state index >= 15 is 0 Å². The zero-order valence-corrected chi connectivity index (χ0v) is 6.67. The van der Waals surface area contributed by atoms with Crippen LogP contribution in [0.2, 0.25) is 0 Å². The van der Waals surface area contributed by atoms with Gasteiger partial charge in [0.2, 0.25) is 0 Å². The third kappa shape index (κ3) is 2.55. The maximum Gasteiger partial charge on any atom is 0.170 e. The molecule has 3 heteroatoms. The number of hydrogen-bond acceptors (Lipinski definition) is 3. The van der Waals surface area contributed by atoms with Crippen molar-refractivity contribution in [3.63, 3.8) is 0 Å². The maximum absolute atomic E-state index is 10.8. The van der Waals surface area contributed by atoms with Gasteiger partial charge >= 0.3 is 0 Å². The minimum Gasteiger partial charge on any atom is -0.294 e. The Kier molecular flexibility index (Phi) is 2.86. The van der Waals surface area contributed by atoms with Crippen molar-refractivity contribution in [2.45, 2.75) is 6.42 Å². The van der Waals surface area contributed by atoms with Crippen molar-refractivity contribution in [2.75, 3.05) is 0 Å².